The summed E-state index contributed by atoms with van der Waals surface area (Å²) in [5.74, 6) is 0.296. The smallest absolute Gasteiger partial charge is 0.253 e. The summed E-state index contributed by atoms with van der Waals surface area (Å²) in [5.41, 5.74) is 2.87. The van der Waals surface area contributed by atoms with Crippen LogP contribution in [0.4, 0.5) is 0 Å². The molecule has 168 valence electrons. The maximum absolute atomic E-state index is 13.2. The molecular formula is C24H27N3O4S. The Balaban J connectivity index is 1.29. The molecule has 2 aliphatic heterocycles. The summed E-state index contributed by atoms with van der Waals surface area (Å²) in [6.45, 7) is 2.77. The van der Waals surface area contributed by atoms with Crippen LogP contribution in [-0.2, 0) is 14.8 Å². The number of H-pyrrole nitrogens is 1. The highest BCUT2D eigenvalue weighted by Crippen LogP contribution is 2.33. The molecular weight excluding hydrogens is 426 g/mol. The molecule has 2 saturated heterocycles. The van der Waals surface area contributed by atoms with Gasteiger partial charge in [-0.15, -0.1) is 0 Å². The van der Waals surface area contributed by atoms with E-state index in [2.05, 4.69) is 29.4 Å². The second-order valence-corrected chi connectivity index (χ2v) is 10.3. The molecule has 2 aliphatic rings. The summed E-state index contributed by atoms with van der Waals surface area (Å²) in [6, 6.07) is 14.7. The van der Waals surface area contributed by atoms with Crippen LogP contribution in [0.15, 0.2) is 59.6 Å². The molecule has 1 amide bonds. The van der Waals surface area contributed by atoms with Gasteiger partial charge in [0.05, 0.1) is 18.1 Å². The standard InChI is InChI=1S/C24H27N3O4S/c28-24(19-4-3-5-20(16-19)32(29,30)27-12-14-31-15-13-27)26-10-8-18(9-11-26)22-17-25-23-7-2-1-6-21(22)23/h1-7,16-18,25H,8-15H2. The molecule has 3 aromatic rings. The highest BCUT2D eigenvalue weighted by atomic mass is 32.2. The summed E-state index contributed by atoms with van der Waals surface area (Å²) in [7, 11) is -3.63. The highest BCUT2D eigenvalue weighted by Gasteiger charge is 2.29. The molecule has 2 fully saturated rings. The number of carbonyl (C=O) groups excluding carboxylic acids is 1. The molecule has 1 aromatic heterocycles. The topological polar surface area (TPSA) is 82.7 Å². The Labute approximate surface area is 188 Å². The lowest BCUT2D eigenvalue weighted by Crippen LogP contribution is -2.41. The van der Waals surface area contributed by atoms with E-state index in [1.54, 1.807) is 18.2 Å². The van der Waals surface area contributed by atoms with Crippen LogP contribution in [0.1, 0.15) is 34.7 Å². The van der Waals surface area contributed by atoms with E-state index in [0.717, 1.165) is 18.4 Å². The number of rotatable bonds is 4. The number of benzene rings is 2. The third-order valence-corrected chi connectivity index (χ3v) is 8.43. The number of ether oxygens (including phenoxy) is 1. The fourth-order valence-electron chi connectivity index (χ4n) is 4.73. The average molecular weight is 454 g/mol. The molecule has 2 aromatic carbocycles. The van der Waals surface area contributed by atoms with E-state index in [1.807, 2.05) is 11.0 Å². The van der Waals surface area contributed by atoms with Gasteiger partial charge in [0.15, 0.2) is 0 Å². The first-order chi connectivity index (χ1) is 15.5. The Kier molecular flexibility index (Phi) is 5.75. The number of sulfonamides is 1. The minimum Gasteiger partial charge on any atom is -0.379 e. The summed E-state index contributed by atoms with van der Waals surface area (Å²) >= 11 is 0. The number of aromatic amines is 1. The lowest BCUT2D eigenvalue weighted by molar-refractivity contribution is 0.0712. The van der Waals surface area contributed by atoms with E-state index in [1.165, 1.54) is 21.3 Å². The first kappa shape index (κ1) is 21.2. The normalized spacial score (nSPS) is 18.8. The number of amides is 1. The molecule has 1 N–H and O–H groups in total. The van der Waals surface area contributed by atoms with Crippen molar-refractivity contribution in [1.29, 1.82) is 0 Å². The number of nitrogens with one attached hydrogen (secondary N) is 1. The molecule has 0 bridgehead atoms. The third kappa shape index (κ3) is 3.94. The van der Waals surface area contributed by atoms with Crippen LogP contribution < -0.4 is 0 Å². The minimum atomic E-state index is -3.63. The molecule has 0 aliphatic carbocycles. The number of para-hydroxylation sites is 1. The Morgan fingerprint density at radius 2 is 1.72 bits per heavy atom. The Morgan fingerprint density at radius 3 is 2.50 bits per heavy atom. The zero-order chi connectivity index (χ0) is 22.1. The van der Waals surface area contributed by atoms with Gasteiger partial charge < -0.3 is 14.6 Å². The molecule has 5 rings (SSSR count). The van der Waals surface area contributed by atoms with Crippen molar-refractivity contribution in [3.8, 4) is 0 Å². The quantitative estimate of drug-likeness (QED) is 0.658. The van der Waals surface area contributed by atoms with Crippen LogP contribution in [0.2, 0.25) is 0 Å². The van der Waals surface area contributed by atoms with Gasteiger partial charge in [-0.3, -0.25) is 4.79 Å². The Morgan fingerprint density at radius 1 is 0.969 bits per heavy atom. The Hall–Kier alpha value is -2.68. The molecule has 0 saturated carbocycles. The molecule has 8 heteroatoms. The van der Waals surface area contributed by atoms with Crippen molar-refractivity contribution >= 4 is 26.8 Å². The van der Waals surface area contributed by atoms with Crippen LogP contribution in [0, 0.1) is 0 Å². The molecule has 7 nitrogen and oxygen atoms in total. The number of nitrogens with zero attached hydrogens (tertiary/aromatic N) is 2. The van der Waals surface area contributed by atoms with Gasteiger partial charge >= 0.3 is 0 Å². The average Bonchev–Trinajstić information content (AvgIpc) is 3.28. The number of aromatic nitrogens is 1. The SMILES string of the molecule is O=C(c1cccc(S(=O)(=O)N2CCOCC2)c1)N1CCC(c2c[nH]c3ccccc23)CC1. The van der Waals surface area contributed by atoms with Crippen LogP contribution in [-0.4, -0.2) is 67.9 Å². The third-order valence-electron chi connectivity index (χ3n) is 6.53. The van der Waals surface area contributed by atoms with Gasteiger partial charge in [0.2, 0.25) is 10.0 Å². The van der Waals surface area contributed by atoms with E-state index < -0.39 is 10.0 Å². The van der Waals surface area contributed by atoms with Crippen molar-refractivity contribution in [2.24, 2.45) is 0 Å². The van der Waals surface area contributed by atoms with Crippen LogP contribution in [0.3, 0.4) is 0 Å². The van der Waals surface area contributed by atoms with Crippen molar-refractivity contribution in [3.05, 3.63) is 65.9 Å². The number of hydrogen-bond acceptors (Lipinski definition) is 4. The van der Waals surface area contributed by atoms with Gasteiger partial charge in [-0.05, 0) is 48.6 Å². The maximum Gasteiger partial charge on any atom is 0.253 e. The van der Waals surface area contributed by atoms with E-state index >= 15 is 0 Å². The number of piperidine rings is 1. The van der Waals surface area contributed by atoms with Gasteiger partial charge in [0.1, 0.15) is 0 Å². The van der Waals surface area contributed by atoms with Gasteiger partial charge in [0.25, 0.3) is 5.91 Å². The number of hydrogen-bond donors (Lipinski definition) is 1. The largest absolute Gasteiger partial charge is 0.379 e. The summed E-state index contributed by atoms with van der Waals surface area (Å²) < 4.78 is 32.6. The van der Waals surface area contributed by atoms with E-state index in [9.17, 15) is 13.2 Å². The van der Waals surface area contributed by atoms with Crippen molar-refractivity contribution in [2.45, 2.75) is 23.7 Å². The first-order valence-electron chi connectivity index (χ1n) is 11.1. The van der Waals surface area contributed by atoms with E-state index in [-0.39, 0.29) is 10.8 Å². The molecule has 0 radical (unpaired) electrons. The number of fused-ring (bicyclic) bond motifs is 1. The van der Waals surface area contributed by atoms with Crippen molar-refractivity contribution in [1.82, 2.24) is 14.2 Å². The second-order valence-electron chi connectivity index (χ2n) is 8.40. The predicted molar refractivity (Wildman–Crippen MR) is 122 cm³/mol. The van der Waals surface area contributed by atoms with Gasteiger partial charge in [0, 0.05) is 48.8 Å². The summed E-state index contributed by atoms with van der Waals surface area (Å²) in [4.78, 5) is 18.5. The predicted octanol–water partition coefficient (Wildman–Crippen LogP) is 3.21. The zero-order valence-electron chi connectivity index (χ0n) is 17.9. The number of carbonyl (C=O) groups is 1. The molecule has 0 spiro atoms. The molecule has 3 heterocycles. The lowest BCUT2D eigenvalue weighted by Gasteiger charge is -2.32. The molecule has 0 unspecified atom stereocenters. The minimum absolute atomic E-state index is 0.110. The maximum atomic E-state index is 13.2. The first-order valence-corrected chi connectivity index (χ1v) is 12.5. The van der Waals surface area contributed by atoms with Gasteiger partial charge in [-0.1, -0.05) is 24.3 Å². The van der Waals surface area contributed by atoms with Gasteiger partial charge in [-0.2, -0.15) is 4.31 Å². The highest BCUT2D eigenvalue weighted by molar-refractivity contribution is 7.89. The lowest BCUT2D eigenvalue weighted by atomic mass is 9.89. The number of likely N-dealkylation sites (tertiary alicyclic amines) is 1. The van der Waals surface area contributed by atoms with E-state index in [4.69, 9.17) is 4.74 Å². The number of morpholine rings is 1. The fourth-order valence-corrected chi connectivity index (χ4v) is 6.19. The monoisotopic (exact) mass is 453 g/mol. The van der Waals surface area contributed by atoms with Crippen molar-refractivity contribution in [3.63, 3.8) is 0 Å². The van der Waals surface area contributed by atoms with Crippen molar-refractivity contribution < 1.29 is 17.9 Å². The van der Waals surface area contributed by atoms with Crippen LogP contribution in [0.5, 0.6) is 0 Å². The molecule has 0 atom stereocenters. The van der Waals surface area contributed by atoms with Crippen molar-refractivity contribution in [2.75, 3.05) is 39.4 Å². The molecule has 32 heavy (non-hydrogen) atoms. The van der Waals surface area contributed by atoms with E-state index in [0.29, 0.717) is 50.9 Å². The Bertz CT molecular complexity index is 1220. The van der Waals surface area contributed by atoms with Crippen LogP contribution in [0.25, 0.3) is 10.9 Å². The fraction of sp³-hybridized carbons (Fsp3) is 0.375. The summed E-state index contributed by atoms with van der Waals surface area (Å²) in [5, 5.41) is 1.25. The second kappa shape index (κ2) is 8.69. The van der Waals surface area contributed by atoms with Gasteiger partial charge in [-0.25, -0.2) is 8.42 Å². The van der Waals surface area contributed by atoms with Crippen LogP contribution >= 0.6 is 0 Å². The summed E-state index contributed by atoms with van der Waals surface area (Å²) in [6.07, 6.45) is 3.87. The zero-order valence-corrected chi connectivity index (χ0v) is 18.7.